The van der Waals surface area contributed by atoms with Crippen LogP contribution in [0.15, 0.2) is 12.7 Å². The van der Waals surface area contributed by atoms with Gasteiger partial charge in [-0.25, -0.2) is 0 Å². The summed E-state index contributed by atoms with van der Waals surface area (Å²) in [4.78, 5) is 12.2. The second-order valence-corrected chi connectivity index (χ2v) is 3.80. The number of hydrogen-bond donors (Lipinski definition) is 1. The second kappa shape index (κ2) is 10.3. The first kappa shape index (κ1) is 15.6. The Morgan fingerprint density at radius 1 is 1.50 bits per heavy atom. The highest BCUT2D eigenvalue weighted by atomic mass is 16.1. The predicted molar refractivity (Wildman–Crippen MR) is 62.3 cm³/mol. The van der Waals surface area contributed by atoms with E-state index < -0.39 is 0 Å². The third-order valence-electron chi connectivity index (χ3n) is 1.59. The van der Waals surface area contributed by atoms with E-state index in [0.29, 0.717) is 0 Å². The minimum atomic E-state index is -0.144. The van der Waals surface area contributed by atoms with Gasteiger partial charge in [0.2, 0.25) is 5.91 Å². The first-order valence-electron chi connectivity index (χ1n) is 4.92. The highest BCUT2D eigenvalue weighted by molar-refractivity contribution is 5.86. The molecule has 0 fully saturated rings. The fourth-order valence-electron chi connectivity index (χ4n) is 0.618. The average molecular weight is 200 g/mol. The first-order chi connectivity index (χ1) is 6.43. The molecule has 0 aromatic heterocycles. The molecule has 84 valence electrons. The van der Waals surface area contributed by atoms with E-state index >= 15 is 0 Å². The smallest absolute Gasteiger partial charge is 0.243 e. The molecule has 0 saturated carbocycles. The Labute approximate surface area is 88.2 Å². The van der Waals surface area contributed by atoms with Crippen molar-refractivity contribution >= 4 is 5.91 Å². The molecule has 0 saturated heterocycles. The van der Waals surface area contributed by atoms with Crippen molar-refractivity contribution < 1.29 is 4.79 Å². The van der Waals surface area contributed by atoms with E-state index in [-0.39, 0.29) is 5.91 Å². The molecule has 3 heteroatoms. The van der Waals surface area contributed by atoms with Crippen molar-refractivity contribution in [2.45, 2.75) is 20.3 Å². The number of nitrogens with zero attached hydrogens (tertiary/aromatic N) is 1. The van der Waals surface area contributed by atoms with E-state index in [9.17, 15) is 4.79 Å². The molecule has 0 spiro atoms. The maximum absolute atomic E-state index is 9.95. The van der Waals surface area contributed by atoms with E-state index in [1.807, 2.05) is 0 Å². The first-order valence-corrected chi connectivity index (χ1v) is 4.92. The van der Waals surface area contributed by atoms with Gasteiger partial charge in [-0.15, -0.1) is 0 Å². The molecule has 0 aliphatic rings. The molecule has 0 aromatic carbocycles. The molecule has 0 rings (SSSR count). The highest BCUT2D eigenvalue weighted by Gasteiger charge is 1.93. The Kier molecular flexibility index (Phi) is 11.4. The van der Waals surface area contributed by atoms with E-state index in [0.717, 1.165) is 5.92 Å². The third kappa shape index (κ3) is 17.3. The van der Waals surface area contributed by atoms with Gasteiger partial charge in [0.25, 0.3) is 0 Å². The average Bonchev–Trinajstić information content (AvgIpc) is 2.14. The second-order valence-electron chi connectivity index (χ2n) is 3.80. The summed E-state index contributed by atoms with van der Waals surface area (Å²) in [5.74, 6) is 0.701. The van der Waals surface area contributed by atoms with E-state index in [1.165, 1.54) is 19.0 Å². The summed E-state index contributed by atoms with van der Waals surface area (Å²) >= 11 is 0. The molecule has 0 unspecified atom stereocenters. The lowest BCUT2D eigenvalue weighted by Crippen LogP contribution is -2.14. The summed E-state index contributed by atoms with van der Waals surface area (Å²) in [6.45, 7) is 8.95. The number of rotatable bonds is 4. The van der Waals surface area contributed by atoms with Gasteiger partial charge in [-0.3, -0.25) is 4.79 Å². The molecule has 0 aliphatic carbocycles. The maximum atomic E-state index is 9.95. The van der Waals surface area contributed by atoms with E-state index in [2.05, 4.69) is 44.7 Å². The summed E-state index contributed by atoms with van der Waals surface area (Å²) in [5, 5.41) is 2.36. The molecular formula is C11H24N2O. The zero-order valence-electron chi connectivity index (χ0n) is 10.1. The lowest BCUT2D eigenvalue weighted by molar-refractivity contribution is -0.116. The SMILES string of the molecule is C=CC(=O)NC.CC(C)CCN(C)C. The number of carbonyl (C=O) groups is 1. The van der Waals surface area contributed by atoms with Gasteiger partial charge in [0, 0.05) is 7.05 Å². The monoisotopic (exact) mass is 200 g/mol. The molecule has 0 atom stereocenters. The summed E-state index contributed by atoms with van der Waals surface area (Å²) < 4.78 is 0. The van der Waals surface area contributed by atoms with Crippen molar-refractivity contribution in [3.05, 3.63) is 12.7 Å². The van der Waals surface area contributed by atoms with Crippen LogP contribution in [0, 0.1) is 5.92 Å². The standard InChI is InChI=1S/C7H17N.C4H7NO/c1-7(2)5-6-8(3)4;1-3-4(6)5-2/h7H,5-6H2,1-4H3;3H,1H2,2H3,(H,5,6). The Morgan fingerprint density at radius 3 is 2.07 bits per heavy atom. The maximum Gasteiger partial charge on any atom is 0.243 e. The number of amides is 1. The lowest BCUT2D eigenvalue weighted by Gasteiger charge is -2.10. The van der Waals surface area contributed by atoms with Crippen molar-refractivity contribution in [3.63, 3.8) is 0 Å². The molecule has 14 heavy (non-hydrogen) atoms. The summed E-state index contributed by atoms with van der Waals surface area (Å²) in [5.41, 5.74) is 0. The molecular weight excluding hydrogens is 176 g/mol. The zero-order chi connectivity index (χ0) is 11.6. The molecule has 3 nitrogen and oxygen atoms in total. The molecule has 0 heterocycles. The minimum absolute atomic E-state index is 0.144. The molecule has 0 aliphatic heterocycles. The van der Waals surface area contributed by atoms with Crippen LogP contribution in [0.5, 0.6) is 0 Å². The van der Waals surface area contributed by atoms with Gasteiger partial charge in [-0.05, 0) is 39.1 Å². The highest BCUT2D eigenvalue weighted by Crippen LogP contribution is 1.98. The van der Waals surface area contributed by atoms with Gasteiger partial charge in [0.15, 0.2) is 0 Å². The number of hydrogen-bond acceptors (Lipinski definition) is 2. The van der Waals surface area contributed by atoms with Crippen molar-refractivity contribution in [1.29, 1.82) is 0 Å². The van der Waals surface area contributed by atoms with Crippen LogP contribution in [0.2, 0.25) is 0 Å². The van der Waals surface area contributed by atoms with Crippen LogP contribution in [-0.2, 0) is 4.79 Å². The van der Waals surface area contributed by atoms with Crippen LogP contribution in [0.3, 0.4) is 0 Å². The van der Waals surface area contributed by atoms with E-state index in [4.69, 9.17) is 0 Å². The van der Waals surface area contributed by atoms with E-state index in [1.54, 1.807) is 7.05 Å². The van der Waals surface area contributed by atoms with Crippen molar-refractivity contribution in [1.82, 2.24) is 10.2 Å². The Balaban J connectivity index is 0. The molecule has 0 radical (unpaired) electrons. The fraction of sp³-hybridized carbons (Fsp3) is 0.727. The Hall–Kier alpha value is -0.830. The van der Waals surface area contributed by atoms with Crippen LogP contribution < -0.4 is 5.32 Å². The molecule has 1 amide bonds. The van der Waals surface area contributed by atoms with Crippen molar-refractivity contribution in [2.24, 2.45) is 5.92 Å². The fourth-order valence-corrected chi connectivity index (χ4v) is 0.618. The van der Waals surface area contributed by atoms with Gasteiger partial charge >= 0.3 is 0 Å². The normalized spacial score (nSPS) is 9.36. The lowest BCUT2D eigenvalue weighted by atomic mass is 10.1. The van der Waals surface area contributed by atoms with Gasteiger partial charge in [0.05, 0.1) is 0 Å². The van der Waals surface area contributed by atoms with Gasteiger partial charge in [-0.2, -0.15) is 0 Å². The molecule has 0 bridgehead atoms. The Bertz CT molecular complexity index is 145. The van der Waals surface area contributed by atoms with Crippen LogP contribution in [0.4, 0.5) is 0 Å². The Morgan fingerprint density at radius 2 is 2.00 bits per heavy atom. The van der Waals surface area contributed by atoms with Gasteiger partial charge in [0.1, 0.15) is 0 Å². The predicted octanol–water partition coefficient (Wildman–Crippen LogP) is 1.51. The van der Waals surface area contributed by atoms with Crippen LogP contribution in [0.25, 0.3) is 0 Å². The summed E-state index contributed by atoms with van der Waals surface area (Å²) in [7, 11) is 5.79. The van der Waals surface area contributed by atoms with Gasteiger partial charge < -0.3 is 10.2 Å². The summed E-state index contributed by atoms with van der Waals surface area (Å²) in [6, 6.07) is 0. The van der Waals surface area contributed by atoms with Crippen molar-refractivity contribution in [3.8, 4) is 0 Å². The molecule has 1 N–H and O–H groups in total. The zero-order valence-corrected chi connectivity index (χ0v) is 10.1. The number of nitrogens with one attached hydrogen (secondary N) is 1. The van der Waals surface area contributed by atoms with Crippen LogP contribution >= 0.6 is 0 Å². The summed E-state index contributed by atoms with van der Waals surface area (Å²) in [6.07, 6.45) is 2.53. The van der Waals surface area contributed by atoms with Crippen LogP contribution in [-0.4, -0.2) is 38.5 Å². The largest absolute Gasteiger partial charge is 0.356 e. The number of likely N-dealkylation sites (N-methyl/N-ethyl adjacent to an activating group) is 1. The van der Waals surface area contributed by atoms with Crippen LogP contribution in [0.1, 0.15) is 20.3 Å². The number of carbonyl (C=O) groups excluding carboxylic acids is 1. The van der Waals surface area contributed by atoms with Gasteiger partial charge in [-0.1, -0.05) is 20.4 Å². The third-order valence-corrected chi connectivity index (χ3v) is 1.59. The molecule has 0 aromatic rings. The topological polar surface area (TPSA) is 32.3 Å². The minimum Gasteiger partial charge on any atom is -0.356 e. The van der Waals surface area contributed by atoms with Crippen molar-refractivity contribution in [2.75, 3.05) is 27.7 Å². The quantitative estimate of drug-likeness (QED) is 0.698.